The van der Waals surface area contributed by atoms with E-state index in [0.29, 0.717) is 32.4 Å². The van der Waals surface area contributed by atoms with Gasteiger partial charge in [-0.3, -0.25) is 19.4 Å². The molecule has 5 atom stereocenters. The zero-order valence-corrected chi connectivity index (χ0v) is 20.6. The van der Waals surface area contributed by atoms with Gasteiger partial charge in [0, 0.05) is 55.0 Å². The molecular weight excluding hydrogens is 472 g/mol. The molecule has 10 nitrogen and oxygen atoms in total. The number of hydrogen-bond acceptors (Lipinski definition) is 7. The van der Waals surface area contributed by atoms with E-state index >= 15 is 0 Å². The van der Waals surface area contributed by atoms with Crippen LogP contribution in [0.25, 0.3) is 0 Å². The minimum Gasteiger partial charge on any atom is -0.496 e. The first kappa shape index (κ1) is 24.6. The van der Waals surface area contributed by atoms with E-state index in [4.69, 9.17) is 4.74 Å². The van der Waals surface area contributed by atoms with Gasteiger partial charge in [-0.2, -0.15) is 5.26 Å². The maximum Gasteiger partial charge on any atom is 0.246 e. The lowest BCUT2D eigenvalue weighted by Gasteiger charge is -2.27. The first-order valence-corrected chi connectivity index (χ1v) is 12.6. The van der Waals surface area contributed by atoms with Gasteiger partial charge in [0.1, 0.15) is 23.9 Å². The van der Waals surface area contributed by atoms with Crippen LogP contribution in [0.1, 0.15) is 36.3 Å². The Morgan fingerprint density at radius 2 is 2.11 bits per heavy atom. The standard InChI is InChI=1S/C27H30N6O4/c1-37-24-4-2-3-21-20(24)13-22(32-21)27(36)33-15-18(16-5-8-29-9-6-16)12-23(33)26(35)31-19(14-28)11-17-7-10-30-25(17)34/h2-6,8-9,17-19,22-23,32H,7,10-13,15H2,1H3,(H,30,34)(H,31,35). The number of nitrogens with one attached hydrogen (secondary N) is 3. The highest BCUT2D eigenvalue weighted by atomic mass is 16.5. The predicted molar refractivity (Wildman–Crippen MR) is 134 cm³/mol. The van der Waals surface area contributed by atoms with E-state index in [-0.39, 0.29) is 36.0 Å². The third-order valence-electron chi connectivity index (χ3n) is 7.61. The van der Waals surface area contributed by atoms with Crippen LogP contribution in [0, 0.1) is 17.2 Å². The topological polar surface area (TPSA) is 136 Å². The Morgan fingerprint density at radius 1 is 1.30 bits per heavy atom. The number of pyridine rings is 1. The van der Waals surface area contributed by atoms with Crippen molar-refractivity contribution in [3.63, 3.8) is 0 Å². The van der Waals surface area contributed by atoms with Gasteiger partial charge >= 0.3 is 0 Å². The summed E-state index contributed by atoms with van der Waals surface area (Å²) < 4.78 is 5.47. The fourth-order valence-corrected chi connectivity index (χ4v) is 5.67. The Bertz CT molecular complexity index is 1230. The number of carbonyl (C=O) groups excluding carboxylic acids is 3. The molecule has 3 aliphatic heterocycles. The molecule has 2 saturated heterocycles. The van der Waals surface area contributed by atoms with Crippen LogP contribution >= 0.6 is 0 Å². The molecule has 3 amide bonds. The van der Waals surface area contributed by atoms with Gasteiger partial charge in [0.05, 0.1) is 13.2 Å². The Morgan fingerprint density at radius 3 is 2.81 bits per heavy atom. The van der Waals surface area contributed by atoms with Gasteiger partial charge in [-0.05, 0) is 49.1 Å². The van der Waals surface area contributed by atoms with Crippen LogP contribution in [0.5, 0.6) is 5.75 Å². The van der Waals surface area contributed by atoms with E-state index < -0.39 is 18.1 Å². The van der Waals surface area contributed by atoms with Crippen molar-refractivity contribution < 1.29 is 19.1 Å². The summed E-state index contributed by atoms with van der Waals surface area (Å²) in [6, 6.07) is 9.51. The van der Waals surface area contributed by atoms with Gasteiger partial charge in [0.15, 0.2) is 0 Å². The van der Waals surface area contributed by atoms with Gasteiger partial charge in [0.25, 0.3) is 0 Å². The van der Waals surface area contributed by atoms with Crippen LogP contribution in [0.15, 0.2) is 42.7 Å². The molecule has 1 aromatic heterocycles. The molecule has 1 aromatic carbocycles. The molecule has 0 spiro atoms. The number of likely N-dealkylation sites (tertiary alicyclic amines) is 1. The normalized spacial score (nSPS) is 25.0. The Balaban J connectivity index is 1.34. The van der Waals surface area contributed by atoms with Gasteiger partial charge < -0.3 is 25.6 Å². The van der Waals surface area contributed by atoms with Crippen molar-refractivity contribution in [2.75, 3.05) is 25.5 Å². The fraction of sp³-hybridized carbons (Fsp3) is 0.444. The molecule has 4 heterocycles. The van der Waals surface area contributed by atoms with Crippen molar-refractivity contribution in [3.05, 3.63) is 53.9 Å². The largest absolute Gasteiger partial charge is 0.496 e. The summed E-state index contributed by atoms with van der Waals surface area (Å²) in [5, 5.41) is 18.6. The van der Waals surface area contributed by atoms with Crippen molar-refractivity contribution in [3.8, 4) is 11.8 Å². The molecule has 192 valence electrons. The van der Waals surface area contributed by atoms with Crippen molar-refractivity contribution in [1.82, 2.24) is 20.5 Å². The van der Waals surface area contributed by atoms with Crippen LogP contribution in [-0.4, -0.2) is 65.9 Å². The average Bonchev–Trinajstić information content (AvgIpc) is 3.66. The average molecular weight is 503 g/mol. The summed E-state index contributed by atoms with van der Waals surface area (Å²) in [5.74, 6) is -0.249. The molecule has 5 rings (SSSR count). The van der Waals surface area contributed by atoms with E-state index in [1.165, 1.54) is 0 Å². The lowest BCUT2D eigenvalue weighted by molar-refractivity contribution is -0.139. The van der Waals surface area contributed by atoms with E-state index in [2.05, 4.69) is 27.0 Å². The number of anilines is 1. The van der Waals surface area contributed by atoms with Crippen LogP contribution < -0.4 is 20.7 Å². The molecule has 0 saturated carbocycles. The number of benzene rings is 1. The van der Waals surface area contributed by atoms with Gasteiger partial charge in [0.2, 0.25) is 17.7 Å². The highest BCUT2D eigenvalue weighted by molar-refractivity contribution is 5.93. The number of hydrogen-bond donors (Lipinski definition) is 3. The zero-order chi connectivity index (χ0) is 25.9. The third kappa shape index (κ3) is 4.94. The lowest BCUT2D eigenvalue weighted by Crippen LogP contribution is -2.52. The maximum absolute atomic E-state index is 13.8. The summed E-state index contributed by atoms with van der Waals surface area (Å²) in [4.78, 5) is 45.0. The molecule has 0 aliphatic carbocycles. The smallest absolute Gasteiger partial charge is 0.246 e. The number of amides is 3. The van der Waals surface area contributed by atoms with E-state index in [1.54, 1.807) is 24.4 Å². The monoisotopic (exact) mass is 502 g/mol. The van der Waals surface area contributed by atoms with Crippen LogP contribution in [-0.2, 0) is 20.8 Å². The number of rotatable bonds is 7. The fourth-order valence-electron chi connectivity index (χ4n) is 5.67. The SMILES string of the molecule is COc1cccc2c1CC(C(=O)N1CC(c3ccncc3)CC1C(=O)NC(C#N)CC1CCNC1=O)N2. The minimum absolute atomic E-state index is 0.0397. The van der Waals surface area contributed by atoms with Crippen molar-refractivity contribution in [2.45, 2.75) is 49.7 Å². The number of ether oxygens (including phenoxy) is 1. The van der Waals surface area contributed by atoms with Crippen LogP contribution in [0.2, 0.25) is 0 Å². The Labute approximate surface area is 215 Å². The van der Waals surface area contributed by atoms with E-state index in [0.717, 1.165) is 22.6 Å². The molecular formula is C27H30N6O4. The summed E-state index contributed by atoms with van der Waals surface area (Å²) in [6.07, 6.45) is 5.20. The molecule has 2 fully saturated rings. The Kier molecular flexibility index (Phi) is 6.95. The summed E-state index contributed by atoms with van der Waals surface area (Å²) in [7, 11) is 1.60. The number of nitriles is 1. The first-order chi connectivity index (χ1) is 18.0. The van der Waals surface area contributed by atoms with Crippen molar-refractivity contribution >= 4 is 23.4 Å². The second-order valence-electron chi connectivity index (χ2n) is 9.81. The number of nitrogens with zero attached hydrogens (tertiary/aromatic N) is 3. The molecule has 2 aromatic rings. The number of fused-ring (bicyclic) bond motifs is 1. The number of aromatic nitrogens is 1. The molecule has 0 radical (unpaired) electrons. The number of methoxy groups -OCH3 is 1. The molecule has 5 unspecified atom stereocenters. The summed E-state index contributed by atoms with van der Waals surface area (Å²) in [5.41, 5.74) is 2.79. The van der Waals surface area contributed by atoms with Gasteiger partial charge in [-0.1, -0.05) is 6.07 Å². The second-order valence-corrected chi connectivity index (χ2v) is 9.81. The minimum atomic E-state index is -0.809. The highest BCUT2D eigenvalue weighted by Gasteiger charge is 2.44. The molecule has 3 N–H and O–H groups in total. The van der Waals surface area contributed by atoms with Gasteiger partial charge in [-0.15, -0.1) is 0 Å². The summed E-state index contributed by atoms with van der Waals surface area (Å²) in [6.45, 7) is 0.963. The number of carbonyl (C=O) groups is 3. The highest BCUT2D eigenvalue weighted by Crippen LogP contribution is 2.37. The van der Waals surface area contributed by atoms with E-state index in [9.17, 15) is 19.6 Å². The maximum atomic E-state index is 13.8. The third-order valence-corrected chi connectivity index (χ3v) is 7.61. The van der Waals surface area contributed by atoms with Crippen LogP contribution in [0.3, 0.4) is 0 Å². The van der Waals surface area contributed by atoms with Crippen molar-refractivity contribution in [1.29, 1.82) is 5.26 Å². The van der Waals surface area contributed by atoms with Crippen molar-refractivity contribution in [2.24, 2.45) is 5.92 Å². The predicted octanol–water partition coefficient (Wildman–Crippen LogP) is 1.35. The van der Waals surface area contributed by atoms with E-state index in [1.807, 2.05) is 30.3 Å². The van der Waals surface area contributed by atoms with Gasteiger partial charge in [-0.25, -0.2) is 0 Å². The second kappa shape index (κ2) is 10.5. The Hall–Kier alpha value is -4.13. The zero-order valence-electron chi connectivity index (χ0n) is 20.6. The summed E-state index contributed by atoms with van der Waals surface area (Å²) >= 11 is 0. The quantitative estimate of drug-likeness (QED) is 0.520. The molecule has 0 bridgehead atoms. The molecule has 37 heavy (non-hydrogen) atoms. The molecule has 10 heteroatoms. The first-order valence-electron chi connectivity index (χ1n) is 12.6. The lowest BCUT2D eigenvalue weighted by atomic mass is 9.96. The molecule has 3 aliphatic rings. The van der Waals surface area contributed by atoms with Crippen LogP contribution in [0.4, 0.5) is 5.69 Å².